The summed E-state index contributed by atoms with van der Waals surface area (Å²) in [7, 11) is 0. The summed E-state index contributed by atoms with van der Waals surface area (Å²) >= 11 is 1.68. The first-order valence-corrected chi connectivity index (χ1v) is 11.3. The molecule has 2 aromatic heterocycles. The number of rotatable bonds is 6. The molecular weight excluding hydrogens is 420 g/mol. The van der Waals surface area contributed by atoms with Crippen LogP contribution in [0.2, 0.25) is 0 Å². The van der Waals surface area contributed by atoms with Crippen LogP contribution in [0.4, 0.5) is 0 Å². The highest BCUT2D eigenvalue weighted by Crippen LogP contribution is 2.31. The summed E-state index contributed by atoms with van der Waals surface area (Å²) in [5.74, 6) is -0.943. The van der Waals surface area contributed by atoms with Gasteiger partial charge in [0.25, 0.3) is 0 Å². The molecule has 160 valence electrons. The molecule has 0 saturated heterocycles. The number of benzene rings is 3. The summed E-state index contributed by atoms with van der Waals surface area (Å²) in [6, 6.07) is 22.6. The molecular formula is C26H22N2O3S. The molecule has 0 amide bonds. The van der Waals surface area contributed by atoms with Crippen molar-refractivity contribution in [1.82, 2.24) is 9.13 Å². The second-order valence-corrected chi connectivity index (χ2v) is 8.87. The summed E-state index contributed by atoms with van der Waals surface area (Å²) in [5.41, 5.74) is 4.43. The third kappa shape index (κ3) is 3.42. The topological polar surface area (TPSA) is 64.2 Å². The highest BCUT2D eigenvalue weighted by molar-refractivity contribution is 7.17. The van der Waals surface area contributed by atoms with E-state index in [4.69, 9.17) is 0 Å². The molecule has 3 aromatic carbocycles. The summed E-state index contributed by atoms with van der Waals surface area (Å²) in [6.07, 6.45) is -0.168. The Hall–Kier alpha value is -3.64. The first kappa shape index (κ1) is 20.3. The molecule has 0 unspecified atom stereocenters. The third-order valence-electron chi connectivity index (χ3n) is 5.95. The number of para-hydroxylation sites is 2. The average molecular weight is 443 g/mol. The zero-order valence-corrected chi connectivity index (χ0v) is 18.4. The number of nitrogens with zero attached hydrogens (tertiary/aromatic N) is 2. The fraction of sp³-hybridized carbons (Fsp3) is 0.154. The van der Waals surface area contributed by atoms with Gasteiger partial charge in [0.1, 0.15) is 0 Å². The molecule has 0 aliphatic carbocycles. The van der Waals surface area contributed by atoms with E-state index in [2.05, 4.69) is 24.4 Å². The van der Waals surface area contributed by atoms with Gasteiger partial charge in [-0.15, -0.1) is 11.3 Å². The number of aromatic nitrogens is 2. The zero-order chi connectivity index (χ0) is 22.2. The number of carbonyl (C=O) groups is 1. The van der Waals surface area contributed by atoms with Gasteiger partial charge in [-0.05, 0) is 47.2 Å². The lowest BCUT2D eigenvalue weighted by Crippen LogP contribution is -2.29. The van der Waals surface area contributed by atoms with Crippen molar-refractivity contribution in [3.05, 3.63) is 105 Å². The molecule has 6 heteroatoms. The number of aryl methyl sites for hydroxylation is 1. The van der Waals surface area contributed by atoms with Crippen molar-refractivity contribution in [1.29, 1.82) is 0 Å². The number of thiophene rings is 1. The van der Waals surface area contributed by atoms with Gasteiger partial charge in [0.2, 0.25) is 0 Å². The Morgan fingerprint density at radius 2 is 1.69 bits per heavy atom. The molecule has 32 heavy (non-hydrogen) atoms. The fourth-order valence-corrected chi connectivity index (χ4v) is 5.54. The van der Waals surface area contributed by atoms with Crippen LogP contribution in [0.15, 0.2) is 83.0 Å². The molecule has 0 fully saturated rings. The summed E-state index contributed by atoms with van der Waals surface area (Å²) in [6.45, 7) is 2.52. The Morgan fingerprint density at radius 3 is 2.44 bits per heavy atom. The van der Waals surface area contributed by atoms with Crippen LogP contribution < -0.4 is 5.69 Å². The van der Waals surface area contributed by atoms with E-state index in [9.17, 15) is 14.7 Å². The van der Waals surface area contributed by atoms with Crippen molar-refractivity contribution >= 4 is 38.4 Å². The van der Waals surface area contributed by atoms with Crippen LogP contribution in [-0.2, 0) is 11.3 Å². The molecule has 5 rings (SSSR count). The fourth-order valence-electron chi connectivity index (χ4n) is 4.52. The molecule has 0 spiro atoms. The summed E-state index contributed by atoms with van der Waals surface area (Å²) in [4.78, 5) is 25.5. The predicted molar refractivity (Wildman–Crippen MR) is 129 cm³/mol. The second kappa shape index (κ2) is 8.13. The molecule has 5 nitrogen and oxygen atoms in total. The number of aliphatic carboxylic acids is 1. The second-order valence-electron chi connectivity index (χ2n) is 7.96. The Kier molecular flexibility index (Phi) is 5.15. The standard InChI is InChI=1S/C26H22N2O3S/c1-17-8-7-13-23-25(17)19(16-32-23)15-27-20-11-5-6-12-21(20)28(26(27)31)22(14-24(29)30)18-9-3-2-4-10-18/h2-13,16,22H,14-15H2,1H3,(H,29,30)/t22-/m1/s1. The summed E-state index contributed by atoms with van der Waals surface area (Å²) < 4.78 is 4.60. The van der Waals surface area contributed by atoms with Crippen LogP contribution in [0.3, 0.4) is 0 Å². The molecule has 1 N–H and O–H groups in total. The van der Waals surface area contributed by atoms with Gasteiger partial charge >= 0.3 is 11.7 Å². The van der Waals surface area contributed by atoms with E-state index in [1.165, 1.54) is 15.6 Å². The van der Waals surface area contributed by atoms with Crippen LogP contribution in [0.25, 0.3) is 21.1 Å². The smallest absolute Gasteiger partial charge is 0.330 e. The normalized spacial score (nSPS) is 12.4. The molecule has 0 bridgehead atoms. The van der Waals surface area contributed by atoms with Gasteiger partial charge in [0.15, 0.2) is 0 Å². The van der Waals surface area contributed by atoms with Crippen molar-refractivity contribution in [3.8, 4) is 0 Å². The minimum absolute atomic E-state index is 0.168. The van der Waals surface area contributed by atoms with Gasteiger partial charge in [-0.2, -0.15) is 0 Å². The van der Waals surface area contributed by atoms with Gasteiger partial charge in [0.05, 0.1) is 30.0 Å². The van der Waals surface area contributed by atoms with E-state index in [-0.39, 0.29) is 12.1 Å². The van der Waals surface area contributed by atoms with E-state index >= 15 is 0 Å². The quantitative estimate of drug-likeness (QED) is 0.381. The van der Waals surface area contributed by atoms with E-state index in [1.807, 2.05) is 60.7 Å². The molecule has 0 aliphatic rings. The third-order valence-corrected chi connectivity index (χ3v) is 6.94. The maximum absolute atomic E-state index is 13.8. The Labute approximate surface area is 188 Å². The SMILES string of the molecule is Cc1cccc2scc(Cn3c(=O)n([C@H](CC(=O)O)c4ccccc4)c4ccccc43)c12. The van der Waals surface area contributed by atoms with Crippen LogP contribution >= 0.6 is 11.3 Å². The largest absolute Gasteiger partial charge is 0.481 e. The highest BCUT2D eigenvalue weighted by Gasteiger charge is 2.24. The predicted octanol–water partition coefficient (Wildman–Crippen LogP) is 5.44. The monoisotopic (exact) mass is 442 g/mol. The summed E-state index contributed by atoms with van der Waals surface area (Å²) in [5, 5.41) is 12.9. The number of fused-ring (bicyclic) bond motifs is 2. The van der Waals surface area contributed by atoms with Crippen molar-refractivity contribution < 1.29 is 9.90 Å². The highest BCUT2D eigenvalue weighted by atomic mass is 32.1. The first-order valence-electron chi connectivity index (χ1n) is 10.5. The average Bonchev–Trinajstić information content (AvgIpc) is 3.33. The zero-order valence-electron chi connectivity index (χ0n) is 17.6. The minimum Gasteiger partial charge on any atom is -0.481 e. The lowest BCUT2D eigenvalue weighted by molar-refractivity contribution is -0.137. The van der Waals surface area contributed by atoms with Crippen LogP contribution in [0.1, 0.15) is 29.2 Å². The Morgan fingerprint density at radius 1 is 0.969 bits per heavy atom. The molecule has 0 saturated carbocycles. The number of hydrogen-bond donors (Lipinski definition) is 1. The van der Waals surface area contributed by atoms with Gasteiger partial charge in [-0.3, -0.25) is 13.9 Å². The lowest BCUT2D eigenvalue weighted by atomic mass is 10.0. The number of carboxylic acid groups (broad SMARTS) is 1. The number of hydrogen-bond acceptors (Lipinski definition) is 3. The van der Waals surface area contributed by atoms with E-state index < -0.39 is 12.0 Å². The van der Waals surface area contributed by atoms with Crippen molar-refractivity contribution in [2.75, 3.05) is 0 Å². The maximum Gasteiger partial charge on any atom is 0.330 e. The van der Waals surface area contributed by atoms with Gasteiger partial charge < -0.3 is 5.11 Å². The van der Waals surface area contributed by atoms with Crippen molar-refractivity contribution in [2.45, 2.75) is 25.9 Å². The van der Waals surface area contributed by atoms with Crippen molar-refractivity contribution in [2.24, 2.45) is 0 Å². The van der Waals surface area contributed by atoms with Crippen LogP contribution in [0, 0.1) is 6.92 Å². The Bertz CT molecular complexity index is 1490. The van der Waals surface area contributed by atoms with Crippen LogP contribution in [0.5, 0.6) is 0 Å². The molecule has 0 aliphatic heterocycles. The lowest BCUT2D eigenvalue weighted by Gasteiger charge is -2.17. The van der Waals surface area contributed by atoms with E-state index in [1.54, 1.807) is 20.5 Å². The maximum atomic E-state index is 13.8. The van der Waals surface area contributed by atoms with Crippen molar-refractivity contribution in [3.63, 3.8) is 0 Å². The molecule has 2 heterocycles. The Balaban J connectivity index is 1.71. The number of carboxylic acids is 1. The first-order chi connectivity index (χ1) is 15.5. The van der Waals surface area contributed by atoms with Gasteiger partial charge in [-0.25, -0.2) is 4.79 Å². The number of imidazole rings is 1. The molecule has 0 radical (unpaired) electrons. The molecule has 1 atom stereocenters. The minimum atomic E-state index is -0.943. The van der Waals surface area contributed by atoms with Gasteiger partial charge in [-0.1, -0.05) is 54.6 Å². The van der Waals surface area contributed by atoms with Crippen LogP contribution in [-0.4, -0.2) is 20.2 Å². The van der Waals surface area contributed by atoms with E-state index in [0.29, 0.717) is 6.54 Å². The van der Waals surface area contributed by atoms with E-state index in [0.717, 1.165) is 22.2 Å². The molecule has 5 aromatic rings. The van der Waals surface area contributed by atoms with Gasteiger partial charge in [0, 0.05) is 10.1 Å².